The molecule has 0 spiro atoms. The molecule has 0 aliphatic carbocycles. The van der Waals surface area contributed by atoms with Crippen LogP contribution in [-0.2, 0) is 4.74 Å². The molecular formula is C10H16N2O2S. The fourth-order valence-corrected chi connectivity index (χ4v) is 1.75. The summed E-state index contributed by atoms with van der Waals surface area (Å²) in [5.41, 5.74) is 0. The minimum Gasteiger partial charge on any atom is -0.377 e. The highest BCUT2D eigenvalue weighted by atomic mass is 32.1. The number of rotatable bonds is 6. The molecule has 1 aromatic rings. The molecule has 0 amide bonds. The molecule has 0 unspecified atom stereocenters. The summed E-state index contributed by atoms with van der Waals surface area (Å²) in [6.07, 6.45) is 2.66. The first-order valence-corrected chi connectivity index (χ1v) is 5.69. The van der Waals surface area contributed by atoms with Crippen LogP contribution in [0.5, 0.6) is 0 Å². The third-order valence-corrected chi connectivity index (χ3v) is 2.87. The van der Waals surface area contributed by atoms with Crippen molar-refractivity contribution in [3.63, 3.8) is 0 Å². The molecule has 0 aromatic carbocycles. The van der Waals surface area contributed by atoms with E-state index in [-0.39, 0.29) is 6.10 Å². The highest BCUT2D eigenvalue weighted by molar-refractivity contribution is 7.17. The zero-order valence-electron chi connectivity index (χ0n) is 9.27. The number of nitrogens with zero attached hydrogens (tertiary/aromatic N) is 2. The average Bonchev–Trinajstić information content (AvgIpc) is 2.65. The zero-order chi connectivity index (χ0) is 11.3. The van der Waals surface area contributed by atoms with E-state index in [1.165, 1.54) is 11.3 Å². The molecule has 5 heteroatoms. The molecule has 0 aliphatic rings. The molecule has 1 aromatic heterocycles. The maximum Gasteiger partial charge on any atom is 0.185 e. The Hall–Kier alpha value is -0.940. The van der Waals surface area contributed by atoms with Gasteiger partial charge in [0.05, 0.1) is 23.8 Å². The van der Waals surface area contributed by atoms with Crippen LogP contribution in [0.15, 0.2) is 6.20 Å². The summed E-state index contributed by atoms with van der Waals surface area (Å²) in [5, 5.41) is 0.851. The monoisotopic (exact) mass is 228 g/mol. The lowest BCUT2D eigenvalue weighted by atomic mass is 10.5. The maximum atomic E-state index is 10.5. The molecule has 84 valence electrons. The Morgan fingerprint density at radius 3 is 2.93 bits per heavy atom. The molecule has 0 fully saturated rings. The first-order valence-electron chi connectivity index (χ1n) is 4.87. The van der Waals surface area contributed by atoms with Gasteiger partial charge in [0.25, 0.3) is 0 Å². The van der Waals surface area contributed by atoms with Crippen molar-refractivity contribution in [3.8, 4) is 0 Å². The van der Waals surface area contributed by atoms with Crippen LogP contribution < -0.4 is 4.90 Å². The zero-order valence-corrected chi connectivity index (χ0v) is 10.1. The molecular weight excluding hydrogens is 212 g/mol. The van der Waals surface area contributed by atoms with Crippen molar-refractivity contribution < 1.29 is 9.53 Å². The Morgan fingerprint density at radius 2 is 2.40 bits per heavy atom. The number of hydrogen-bond acceptors (Lipinski definition) is 5. The Morgan fingerprint density at radius 1 is 1.67 bits per heavy atom. The summed E-state index contributed by atoms with van der Waals surface area (Å²) in [6, 6.07) is 0. The highest BCUT2D eigenvalue weighted by Gasteiger charge is 2.06. The van der Waals surface area contributed by atoms with Gasteiger partial charge in [0.2, 0.25) is 0 Å². The summed E-state index contributed by atoms with van der Waals surface area (Å²) in [4.78, 5) is 17.3. The standard InChI is InChI=1S/C10H16N2O2S/c1-8(2)14-5-4-12(3)10-11-6-9(7-13)15-10/h6-8H,4-5H2,1-3H3. The van der Waals surface area contributed by atoms with Crippen molar-refractivity contribution in [1.29, 1.82) is 0 Å². The van der Waals surface area contributed by atoms with Crippen molar-refractivity contribution in [2.75, 3.05) is 25.1 Å². The number of likely N-dealkylation sites (N-methyl/N-ethyl adjacent to an activating group) is 1. The van der Waals surface area contributed by atoms with Crippen LogP contribution in [0, 0.1) is 0 Å². The van der Waals surface area contributed by atoms with E-state index in [2.05, 4.69) is 4.98 Å². The van der Waals surface area contributed by atoms with E-state index in [1.807, 2.05) is 25.8 Å². The van der Waals surface area contributed by atoms with Gasteiger partial charge in [0.15, 0.2) is 11.4 Å². The SMILES string of the molecule is CC(C)OCCN(C)c1ncc(C=O)s1. The smallest absolute Gasteiger partial charge is 0.185 e. The fraction of sp³-hybridized carbons (Fsp3) is 0.600. The molecule has 0 bridgehead atoms. The summed E-state index contributed by atoms with van der Waals surface area (Å²) in [6.45, 7) is 5.47. The maximum absolute atomic E-state index is 10.5. The Kier molecular flexibility index (Phi) is 4.71. The number of carbonyl (C=O) groups excluding carboxylic acids is 1. The third kappa shape index (κ3) is 3.97. The summed E-state index contributed by atoms with van der Waals surface area (Å²) >= 11 is 1.39. The van der Waals surface area contributed by atoms with Gasteiger partial charge in [-0.05, 0) is 13.8 Å². The second-order valence-corrected chi connectivity index (χ2v) is 4.54. The normalized spacial score (nSPS) is 10.7. The molecule has 0 atom stereocenters. The lowest BCUT2D eigenvalue weighted by Crippen LogP contribution is -2.23. The van der Waals surface area contributed by atoms with E-state index in [9.17, 15) is 4.79 Å². The third-order valence-electron chi connectivity index (χ3n) is 1.83. The predicted molar refractivity (Wildman–Crippen MR) is 61.9 cm³/mol. The van der Waals surface area contributed by atoms with Gasteiger partial charge in [-0.3, -0.25) is 4.79 Å². The van der Waals surface area contributed by atoms with E-state index in [0.29, 0.717) is 11.5 Å². The van der Waals surface area contributed by atoms with E-state index >= 15 is 0 Å². The predicted octanol–water partition coefficient (Wildman–Crippen LogP) is 1.82. The molecule has 4 nitrogen and oxygen atoms in total. The quantitative estimate of drug-likeness (QED) is 0.696. The second-order valence-electron chi connectivity index (χ2n) is 3.50. The van der Waals surface area contributed by atoms with Gasteiger partial charge in [-0.15, -0.1) is 0 Å². The van der Waals surface area contributed by atoms with Crippen molar-refractivity contribution in [2.45, 2.75) is 20.0 Å². The number of thiazole rings is 1. The minimum absolute atomic E-state index is 0.250. The van der Waals surface area contributed by atoms with Gasteiger partial charge in [-0.25, -0.2) is 4.98 Å². The second kappa shape index (κ2) is 5.82. The van der Waals surface area contributed by atoms with Gasteiger partial charge in [0, 0.05) is 13.6 Å². The number of carbonyl (C=O) groups is 1. The number of aldehydes is 1. The Bertz CT molecular complexity index is 312. The Labute approximate surface area is 93.9 Å². The van der Waals surface area contributed by atoms with Crippen molar-refractivity contribution >= 4 is 22.8 Å². The van der Waals surface area contributed by atoms with Gasteiger partial charge < -0.3 is 9.64 Å². The largest absolute Gasteiger partial charge is 0.377 e. The van der Waals surface area contributed by atoms with Gasteiger partial charge in [-0.1, -0.05) is 11.3 Å². The molecule has 0 radical (unpaired) electrons. The van der Waals surface area contributed by atoms with Gasteiger partial charge in [0.1, 0.15) is 0 Å². The first kappa shape index (κ1) is 12.1. The molecule has 0 aliphatic heterocycles. The lowest BCUT2D eigenvalue weighted by Gasteiger charge is -2.16. The number of aromatic nitrogens is 1. The van der Waals surface area contributed by atoms with Gasteiger partial charge >= 0.3 is 0 Å². The molecule has 1 rings (SSSR count). The van der Waals surface area contributed by atoms with Crippen molar-refractivity contribution in [1.82, 2.24) is 4.98 Å². The summed E-state index contributed by atoms with van der Waals surface area (Å²) in [5.74, 6) is 0. The van der Waals surface area contributed by atoms with E-state index < -0.39 is 0 Å². The van der Waals surface area contributed by atoms with E-state index in [4.69, 9.17) is 4.74 Å². The fourth-order valence-electron chi connectivity index (χ4n) is 1.03. The number of anilines is 1. The molecule has 15 heavy (non-hydrogen) atoms. The van der Waals surface area contributed by atoms with Crippen LogP contribution >= 0.6 is 11.3 Å². The molecule has 1 heterocycles. The van der Waals surface area contributed by atoms with Crippen LogP contribution in [0.1, 0.15) is 23.5 Å². The van der Waals surface area contributed by atoms with Crippen molar-refractivity contribution in [2.24, 2.45) is 0 Å². The lowest BCUT2D eigenvalue weighted by molar-refractivity contribution is 0.0846. The highest BCUT2D eigenvalue weighted by Crippen LogP contribution is 2.19. The van der Waals surface area contributed by atoms with Crippen LogP contribution in [0.4, 0.5) is 5.13 Å². The Balaban J connectivity index is 2.39. The van der Waals surface area contributed by atoms with Crippen LogP contribution in [0.3, 0.4) is 0 Å². The average molecular weight is 228 g/mol. The van der Waals surface area contributed by atoms with E-state index in [1.54, 1.807) is 6.20 Å². The van der Waals surface area contributed by atoms with Crippen LogP contribution in [-0.4, -0.2) is 37.6 Å². The number of hydrogen-bond donors (Lipinski definition) is 0. The molecule has 0 saturated carbocycles. The topological polar surface area (TPSA) is 42.4 Å². The van der Waals surface area contributed by atoms with Crippen LogP contribution in [0.25, 0.3) is 0 Å². The van der Waals surface area contributed by atoms with E-state index in [0.717, 1.165) is 18.0 Å². The van der Waals surface area contributed by atoms with Crippen LogP contribution in [0.2, 0.25) is 0 Å². The molecule has 0 N–H and O–H groups in total. The first-order chi connectivity index (χ1) is 7.13. The minimum atomic E-state index is 0.250. The molecule has 0 saturated heterocycles. The summed E-state index contributed by atoms with van der Waals surface area (Å²) < 4.78 is 5.43. The number of ether oxygens (including phenoxy) is 1. The summed E-state index contributed by atoms with van der Waals surface area (Å²) in [7, 11) is 1.94. The van der Waals surface area contributed by atoms with Gasteiger partial charge in [-0.2, -0.15) is 0 Å². The van der Waals surface area contributed by atoms with Crippen molar-refractivity contribution in [3.05, 3.63) is 11.1 Å².